The second-order valence-corrected chi connectivity index (χ2v) is 5.46. The van der Waals surface area contributed by atoms with Gasteiger partial charge in [-0.25, -0.2) is 0 Å². The van der Waals surface area contributed by atoms with E-state index in [9.17, 15) is 9.59 Å². The molecule has 0 aliphatic heterocycles. The second kappa shape index (κ2) is 7.81. The fraction of sp³-hybridized carbons (Fsp3) is 0.529. The van der Waals surface area contributed by atoms with Crippen LogP contribution in [0, 0.1) is 6.92 Å². The maximum absolute atomic E-state index is 12.3. The van der Waals surface area contributed by atoms with Crippen molar-refractivity contribution >= 4 is 11.8 Å². The van der Waals surface area contributed by atoms with Gasteiger partial charge >= 0.3 is 5.97 Å². The number of benzene rings is 1. The molecule has 116 valence electrons. The zero-order valence-corrected chi connectivity index (χ0v) is 13.2. The van der Waals surface area contributed by atoms with E-state index in [1.807, 2.05) is 26.0 Å². The Morgan fingerprint density at radius 3 is 2.43 bits per heavy atom. The number of rotatable bonds is 8. The zero-order valence-electron chi connectivity index (χ0n) is 13.2. The van der Waals surface area contributed by atoms with Crippen molar-refractivity contribution in [2.45, 2.75) is 52.9 Å². The van der Waals surface area contributed by atoms with Gasteiger partial charge in [0.2, 0.25) is 0 Å². The summed E-state index contributed by atoms with van der Waals surface area (Å²) >= 11 is 0. The number of aliphatic carboxylic acids is 1. The molecule has 4 heteroatoms. The predicted molar refractivity (Wildman–Crippen MR) is 82.3 cm³/mol. The highest BCUT2D eigenvalue weighted by Gasteiger charge is 2.16. The Morgan fingerprint density at radius 1 is 1.24 bits per heavy atom. The Kier molecular flexibility index (Phi) is 6.40. The molecule has 0 radical (unpaired) electrons. The van der Waals surface area contributed by atoms with Crippen LogP contribution in [0.3, 0.4) is 0 Å². The summed E-state index contributed by atoms with van der Waals surface area (Å²) in [5.41, 5.74) is 2.57. The van der Waals surface area contributed by atoms with Crippen LogP contribution in [-0.4, -0.2) is 23.5 Å². The van der Waals surface area contributed by atoms with Crippen molar-refractivity contribution in [3.63, 3.8) is 0 Å². The molecular weight excluding hydrogens is 268 g/mol. The molecule has 21 heavy (non-hydrogen) atoms. The highest BCUT2D eigenvalue weighted by Crippen LogP contribution is 2.30. The minimum absolute atomic E-state index is 0.00121. The lowest BCUT2D eigenvalue weighted by atomic mass is 9.93. The van der Waals surface area contributed by atoms with E-state index in [0.29, 0.717) is 18.6 Å². The third-order valence-electron chi connectivity index (χ3n) is 3.37. The van der Waals surface area contributed by atoms with Crippen molar-refractivity contribution in [2.75, 3.05) is 6.61 Å². The monoisotopic (exact) mass is 292 g/mol. The average Bonchev–Trinajstić information content (AvgIpc) is 2.38. The van der Waals surface area contributed by atoms with E-state index in [0.717, 1.165) is 16.9 Å². The maximum atomic E-state index is 12.3. The Balaban J connectivity index is 2.99. The van der Waals surface area contributed by atoms with E-state index in [1.165, 1.54) is 0 Å². The Bertz CT molecular complexity index is 518. The standard InChI is InChI=1S/C17H24O4/c1-5-21-16-9-12(4)14(10-13(16)11(2)3)15(18)7-6-8-17(19)20/h9-11H,5-8H2,1-4H3,(H,19,20). The summed E-state index contributed by atoms with van der Waals surface area (Å²) < 4.78 is 5.64. The molecule has 0 saturated carbocycles. The van der Waals surface area contributed by atoms with E-state index >= 15 is 0 Å². The molecule has 1 N–H and O–H groups in total. The molecule has 0 spiro atoms. The number of Topliss-reactive ketones (excluding diaryl/α,β-unsaturated/α-hetero) is 1. The number of hydrogen-bond acceptors (Lipinski definition) is 3. The Hall–Kier alpha value is -1.84. The summed E-state index contributed by atoms with van der Waals surface area (Å²) in [6.07, 6.45) is 0.662. The number of carboxylic acids is 1. The average molecular weight is 292 g/mol. The van der Waals surface area contributed by atoms with Crippen LogP contribution in [0.5, 0.6) is 5.75 Å². The normalized spacial score (nSPS) is 10.7. The van der Waals surface area contributed by atoms with Gasteiger partial charge in [-0.1, -0.05) is 13.8 Å². The number of carboxylic acid groups (broad SMARTS) is 1. The van der Waals surface area contributed by atoms with Crippen molar-refractivity contribution < 1.29 is 19.4 Å². The van der Waals surface area contributed by atoms with Gasteiger partial charge < -0.3 is 9.84 Å². The van der Waals surface area contributed by atoms with Crippen LogP contribution >= 0.6 is 0 Å². The smallest absolute Gasteiger partial charge is 0.303 e. The zero-order chi connectivity index (χ0) is 16.0. The third-order valence-corrected chi connectivity index (χ3v) is 3.37. The Morgan fingerprint density at radius 2 is 1.90 bits per heavy atom. The number of ketones is 1. The first-order chi connectivity index (χ1) is 9.86. The Labute approximate surface area is 126 Å². The van der Waals surface area contributed by atoms with Crippen molar-refractivity contribution in [2.24, 2.45) is 0 Å². The largest absolute Gasteiger partial charge is 0.494 e. The van der Waals surface area contributed by atoms with Gasteiger partial charge in [-0.15, -0.1) is 0 Å². The van der Waals surface area contributed by atoms with Crippen LogP contribution in [0.25, 0.3) is 0 Å². The first-order valence-electron chi connectivity index (χ1n) is 7.39. The molecule has 1 aromatic carbocycles. The molecule has 1 rings (SSSR count). The number of carbonyl (C=O) groups is 2. The molecule has 0 unspecified atom stereocenters. The number of carbonyl (C=O) groups excluding carboxylic acids is 1. The van der Waals surface area contributed by atoms with Gasteiger partial charge in [-0.3, -0.25) is 9.59 Å². The van der Waals surface area contributed by atoms with Crippen LogP contribution in [0.15, 0.2) is 12.1 Å². The van der Waals surface area contributed by atoms with Gasteiger partial charge in [0.05, 0.1) is 6.61 Å². The summed E-state index contributed by atoms with van der Waals surface area (Å²) in [6, 6.07) is 3.80. The topological polar surface area (TPSA) is 63.6 Å². The minimum Gasteiger partial charge on any atom is -0.494 e. The molecule has 0 aliphatic carbocycles. The maximum Gasteiger partial charge on any atom is 0.303 e. The summed E-state index contributed by atoms with van der Waals surface area (Å²) in [4.78, 5) is 22.8. The van der Waals surface area contributed by atoms with Crippen molar-refractivity contribution in [3.8, 4) is 5.75 Å². The van der Waals surface area contributed by atoms with E-state index < -0.39 is 5.97 Å². The molecule has 0 saturated heterocycles. The summed E-state index contributed by atoms with van der Waals surface area (Å²) in [5.74, 6) is 0.220. The highest BCUT2D eigenvalue weighted by atomic mass is 16.5. The van der Waals surface area contributed by atoms with Gasteiger partial charge in [-0.2, -0.15) is 0 Å². The van der Waals surface area contributed by atoms with E-state index in [2.05, 4.69) is 13.8 Å². The van der Waals surface area contributed by atoms with E-state index in [4.69, 9.17) is 9.84 Å². The van der Waals surface area contributed by atoms with Crippen molar-refractivity contribution in [1.82, 2.24) is 0 Å². The van der Waals surface area contributed by atoms with Gasteiger partial charge in [0.25, 0.3) is 0 Å². The minimum atomic E-state index is -0.867. The predicted octanol–water partition coefficient (Wildman–Crippen LogP) is 3.95. The molecule has 0 aromatic heterocycles. The lowest BCUT2D eigenvalue weighted by Crippen LogP contribution is -2.07. The third kappa shape index (κ3) is 4.88. The molecule has 0 atom stereocenters. The van der Waals surface area contributed by atoms with Crippen LogP contribution < -0.4 is 4.74 Å². The second-order valence-electron chi connectivity index (χ2n) is 5.46. The van der Waals surface area contributed by atoms with Crippen LogP contribution in [-0.2, 0) is 4.79 Å². The van der Waals surface area contributed by atoms with Crippen molar-refractivity contribution in [1.29, 1.82) is 0 Å². The molecule has 0 amide bonds. The fourth-order valence-electron chi connectivity index (χ4n) is 2.27. The SMILES string of the molecule is CCOc1cc(C)c(C(=O)CCCC(=O)O)cc1C(C)C. The quantitative estimate of drug-likeness (QED) is 0.737. The highest BCUT2D eigenvalue weighted by molar-refractivity contribution is 5.98. The lowest BCUT2D eigenvalue weighted by molar-refractivity contribution is -0.137. The molecule has 0 fully saturated rings. The summed E-state index contributed by atoms with van der Waals surface area (Å²) in [5, 5.41) is 8.64. The molecule has 1 aromatic rings. The lowest BCUT2D eigenvalue weighted by Gasteiger charge is -2.16. The fourth-order valence-corrected chi connectivity index (χ4v) is 2.27. The first kappa shape index (κ1) is 17.2. The number of ether oxygens (including phenoxy) is 1. The van der Waals surface area contributed by atoms with Crippen LogP contribution in [0.4, 0.5) is 0 Å². The van der Waals surface area contributed by atoms with Crippen LogP contribution in [0.1, 0.15) is 67.4 Å². The molecule has 0 aliphatic rings. The first-order valence-corrected chi connectivity index (χ1v) is 7.39. The number of hydrogen-bond donors (Lipinski definition) is 1. The summed E-state index contributed by atoms with van der Waals surface area (Å²) in [7, 11) is 0. The number of aryl methyl sites for hydroxylation is 1. The van der Waals surface area contributed by atoms with Crippen molar-refractivity contribution in [3.05, 3.63) is 28.8 Å². The van der Waals surface area contributed by atoms with Gasteiger partial charge in [0.1, 0.15) is 5.75 Å². The van der Waals surface area contributed by atoms with Gasteiger partial charge in [0.15, 0.2) is 5.78 Å². The van der Waals surface area contributed by atoms with E-state index in [1.54, 1.807) is 0 Å². The van der Waals surface area contributed by atoms with E-state index in [-0.39, 0.29) is 24.5 Å². The molecule has 0 heterocycles. The van der Waals surface area contributed by atoms with Gasteiger partial charge in [0, 0.05) is 18.4 Å². The molecule has 4 nitrogen and oxygen atoms in total. The van der Waals surface area contributed by atoms with Gasteiger partial charge in [-0.05, 0) is 49.4 Å². The summed E-state index contributed by atoms with van der Waals surface area (Å²) in [6.45, 7) is 8.53. The molecule has 0 bridgehead atoms. The van der Waals surface area contributed by atoms with Crippen LogP contribution in [0.2, 0.25) is 0 Å². The molecular formula is C17H24O4.